The van der Waals surface area contributed by atoms with E-state index >= 15 is 0 Å². The first-order valence-corrected chi connectivity index (χ1v) is 5.87. The molecule has 3 nitrogen and oxygen atoms in total. The summed E-state index contributed by atoms with van der Waals surface area (Å²) in [5.74, 6) is 0.142. The highest BCUT2D eigenvalue weighted by molar-refractivity contribution is 6.02. The van der Waals surface area contributed by atoms with Crippen molar-refractivity contribution in [3.63, 3.8) is 0 Å². The quantitative estimate of drug-likeness (QED) is 0.575. The molecule has 0 heterocycles. The van der Waals surface area contributed by atoms with Crippen LogP contribution in [0.2, 0.25) is 0 Å². The molecule has 0 amide bonds. The predicted octanol–water partition coefficient (Wildman–Crippen LogP) is 2.67. The largest absolute Gasteiger partial charge is 0.399 e. The maximum absolute atomic E-state index is 9.58. The fraction of sp³-hybridized carbons (Fsp3) is 0.615. The first-order valence-electron chi connectivity index (χ1n) is 5.87. The number of aliphatic hydroxyl groups is 1. The predicted molar refractivity (Wildman–Crippen MR) is 66.4 cm³/mol. The molecule has 0 spiro atoms. The highest BCUT2D eigenvalue weighted by Gasteiger charge is 2.16. The van der Waals surface area contributed by atoms with E-state index in [2.05, 4.69) is 18.2 Å². The van der Waals surface area contributed by atoms with E-state index in [0.29, 0.717) is 0 Å². The van der Waals surface area contributed by atoms with Crippen LogP contribution in [0.4, 0.5) is 0 Å². The van der Waals surface area contributed by atoms with Gasteiger partial charge in [-0.2, -0.15) is 0 Å². The lowest BCUT2D eigenvalue weighted by Crippen LogP contribution is -2.18. The fourth-order valence-electron chi connectivity index (χ4n) is 1.70. The van der Waals surface area contributed by atoms with Crippen LogP contribution in [0.3, 0.4) is 0 Å². The summed E-state index contributed by atoms with van der Waals surface area (Å²) in [6.07, 6.45) is 8.58. The molecule has 90 valence electrons. The molecular formula is C13H21NO2. The maximum atomic E-state index is 9.58. The monoisotopic (exact) mass is 223 g/mol. The van der Waals surface area contributed by atoms with E-state index in [1.165, 1.54) is 0 Å². The molecule has 0 aliphatic heterocycles. The van der Waals surface area contributed by atoms with Crippen molar-refractivity contribution < 1.29 is 9.94 Å². The van der Waals surface area contributed by atoms with E-state index in [9.17, 15) is 5.11 Å². The smallest absolute Gasteiger partial charge is 0.106 e. The molecule has 0 saturated carbocycles. The maximum Gasteiger partial charge on any atom is 0.106 e. The van der Waals surface area contributed by atoms with Crippen molar-refractivity contribution in [2.75, 3.05) is 7.11 Å². The van der Waals surface area contributed by atoms with Gasteiger partial charge < -0.3 is 9.94 Å². The molecule has 0 fully saturated rings. The molecule has 1 aliphatic carbocycles. The summed E-state index contributed by atoms with van der Waals surface area (Å²) in [7, 11) is 1.57. The number of hydrogen-bond acceptors (Lipinski definition) is 3. The lowest BCUT2D eigenvalue weighted by Gasteiger charge is -2.18. The third-order valence-electron chi connectivity index (χ3n) is 2.76. The van der Waals surface area contributed by atoms with Gasteiger partial charge in [0.1, 0.15) is 7.11 Å². The van der Waals surface area contributed by atoms with Gasteiger partial charge in [-0.05, 0) is 18.4 Å². The lowest BCUT2D eigenvalue weighted by atomic mass is 9.91. The zero-order valence-corrected chi connectivity index (χ0v) is 10.3. The third kappa shape index (κ3) is 3.49. The van der Waals surface area contributed by atoms with Crippen molar-refractivity contribution in [1.29, 1.82) is 0 Å². The Kier molecular flexibility index (Phi) is 5.26. The summed E-state index contributed by atoms with van der Waals surface area (Å²) in [6, 6.07) is 0. The van der Waals surface area contributed by atoms with E-state index in [0.717, 1.165) is 30.5 Å². The van der Waals surface area contributed by atoms with Crippen LogP contribution in [-0.2, 0) is 4.84 Å². The van der Waals surface area contributed by atoms with Crippen molar-refractivity contribution in [3.8, 4) is 0 Å². The van der Waals surface area contributed by atoms with Crippen LogP contribution >= 0.6 is 0 Å². The van der Waals surface area contributed by atoms with Crippen LogP contribution in [0.5, 0.6) is 0 Å². The first-order chi connectivity index (χ1) is 7.69. The highest BCUT2D eigenvalue weighted by Crippen LogP contribution is 2.20. The summed E-state index contributed by atoms with van der Waals surface area (Å²) in [4.78, 5) is 4.87. The van der Waals surface area contributed by atoms with Gasteiger partial charge in [-0.15, -0.1) is 0 Å². The van der Waals surface area contributed by atoms with Gasteiger partial charge in [-0.3, -0.25) is 0 Å². The van der Waals surface area contributed by atoms with Gasteiger partial charge in [0.05, 0.1) is 11.8 Å². The van der Waals surface area contributed by atoms with Gasteiger partial charge in [-0.25, -0.2) is 0 Å². The molecule has 1 aliphatic rings. The summed E-state index contributed by atoms with van der Waals surface area (Å²) in [5, 5.41) is 13.6. The average Bonchev–Trinajstić information content (AvgIpc) is 2.28. The zero-order chi connectivity index (χ0) is 12.0. The summed E-state index contributed by atoms with van der Waals surface area (Å²) >= 11 is 0. The van der Waals surface area contributed by atoms with Crippen LogP contribution < -0.4 is 0 Å². The second-order valence-electron chi connectivity index (χ2n) is 4.15. The van der Waals surface area contributed by atoms with Gasteiger partial charge in [0, 0.05) is 5.92 Å². The van der Waals surface area contributed by atoms with E-state index in [1.807, 2.05) is 19.1 Å². The Hall–Kier alpha value is -1.09. The SMILES string of the molecule is CCCC/C(=N/OC)C1=CC(C)C(O)C=C1. The van der Waals surface area contributed by atoms with Crippen LogP contribution in [0.25, 0.3) is 0 Å². The number of nitrogens with zero attached hydrogens (tertiary/aromatic N) is 1. The fourth-order valence-corrected chi connectivity index (χ4v) is 1.70. The Bertz CT molecular complexity index is 305. The molecule has 2 atom stereocenters. The number of rotatable bonds is 5. The Morgan fingerprint density at radius 2 is 2.31 bits per heavy atom. The second kappa shape index (κ2) is 6.48. The molecule has 16 heavy (non-hydrogen) atoms. The van der Waals surface area contributed by atoms with Gasteiger partial charge in [-0.1, -0.05) is 43.7 Å². The van der Waals surface area contributed by atoms with Crippen molar-refractivity contribution in [2.45, 2.75) is 39.2 Å². The number of unbranched alkanes of at least 4 members (excludes halogenated alkanes) is 1. The standard InChI is InChI=1S/C13H21NO2/c1-4-5-6-12(14-16-3)11-7-8-13(15)10(2)9-11/h7-10,13,15H,4-6H2,1-3H3/b14-12-. The minimum atomic E-state index is -0.376. The van der Waals surface area contributed by atoms with Crippen LogP contribution in [-0.4, -0.2) is 24.0 Å². The normalized spacial score (nSPS) is 25.5. The number of allylic oxidation sites excluding steroid dienone is 2. The molecule has 3 heteroatoms. The van der Waals surface area contributed by atoms with Gasteiger partial charge >= 0.3 is 0 Å². The van der Waals surface area contributed by atoms with Crippen LogP contribution in [0, 0.1) is 5.92 Å². The van der Waals surface area contributed by atoms with E-state index < -0.39 is 0 Å². The Balaban J connectivity index is 2.76. The van der Waals surface area contributed by atoms with E-state index in [1.54, 1.807) is 7.11 Å². The van der Waals surface area contributed by atoms with Crippen molar-refractivity contribution in [1.82, 2.24) is 0 Å². The number of oxime groups is 1. The molecule has 0 bridgehead atoms. The number of aliphatic hydroxyl groups excluding tert-OH is 1. The first kappa shape index (κ1) is 13.0. The van der Waals surface area contributed by atoms with Crippen molar-refractivity contribution in [2.24, 2.45) is 11.1 Å². The summed E-state index contributed by atoms with van der Waals surface area (Å²) in [5.41, 5.74) is 2.05. The molecule has 0 aromatic rings. The van der Waals surface area contributed by atoms with E-state index in [4.69, 9.17) is 4.84 Å². The molecule has 1 rings (SSSR count). The van der Waals surface area contributed by atoms with Gasteiger partial charge in [0.25, 0.3) is 0 Å². The Morgan fingerprint density at radius 3 is 2.88 bits per heavy atom. The number of hydrogen-bond donors (Lipinski definition) is 1. The van der Waals surface area contributed by atoms with Crippen molar-refractivity contribution >= 4 is 5.71 Å². The minimum Gasteiger partial charge on any atom is -0.399 e. The molecule has 0 radical (unpaired) electrons. The Morgan fingerprint density at radius 1 is 1.56 bits per heavy atom. The molecule has 1 N–H and O–H groups in total. The molecule has 2 unspecified atom stereocenters. The second-order valence-corrected chi connectivity index (χ2v) is 4.15. The minimum absolute atomic E-state index is 0.142. The average molecular weight is 223 g/mol. The third-order valence-corrected chi connectivity index (χ3v) is 2.76. The van der Waals surface area contributed by atoms with Crippen molar-refractivity contribution in [3.05, 3.63) is 23.8 Å². The molecule has 0 saturated heterocycles. The van der Waals surface area contributed by atoms with Gasteiger partial charge in [0.2, 0.25) is 0 Å². The summed E-state index contributed by atoms with van der Waals surface area (Å²) < 4.78 is 0. The molecule has 0 aromatic carbocycles. The molecule has 0 aromatic heterocycles. The molecular weight excluding hydrogens is 202 g/mol. The van der Waals surface area contributed by atoms with Crippen LogP contribution in [0.1, 0.15) is 33.1 Å². The van der Waals surface area contributed by atoms with E-state index in [-0.39, 0.29) is 12.0 Å². The topological polar surface area (TPSA) is 41.8 Å². The zero-order valence-electron chi connectivity index (χ0n) is 10.3. The summed E-state index contributed by atoms with van der Waals surface area (Å²) in [6.45, 7) is 4.15. The highest BCUT2D eigenvalue weighted by atomic mass is 16.6. The van der Waals surface area contributed by atoms with Crippen LogP contribution in [0.15, 0.2) is 29.0 Å². The lowest BCUT2D eigenvalue weighted by molar-refractivity contribution is 0.183. The Labute approximate surface area is 97.5 Å². The van der Waals surface area contributed by atoms with Gasteiger partial charge in [0.15, 0.2) is 0 Å².